The van der Waals surface area contributed by atoms with Crippen molar-refractivity contribution in [3.8, 4) is 0 Å². The molecule has 124 valence electrons. The highest BCUT2D eigenvalue weighted by atomic mass is 32.2. The highest BCUT2D eigenvalue weighted by Gasteiger charge is 2.40. The number of carbonyl (C=O) groups is 1. The standard InChI is InChI=1S/C13H20N2O6S/c1-19-12(20-2)8-15(9-4-5-9)22(17,18)10-6-11(14-7-10)13(16)21-3/h6-7,9,12,14H,4-5,8H2,1-3H3. The summed E-state index contributed by atoms with van der Waals surface area (Å²) >= 11 is 0. The predicted molar refractivity (Wildman–Crippen MR) is 76.9 cm³/mol. The van der Waals surface area contributed by atoms with Gasteiger partial charge >= 0.3 is 5.97 Å². The summed E-state index contributed by atoms with van der Waals surface area (Å²) in [5, 5.41) is 0. The normalized spacial score (nSPS) is 15.5. The van der Waals surface area contributed by atoms with E-state index in [4.69, 9.17) is 9.47 Å². The molecule has 1 aliphatic carbocycles. The maximum absolute atomic E-state index is 12.7. The summed E-state index contributed by atoms with van der Waals surface area (Å²) in [5.41, 5.74) is 0.0897. The Labute approximate surface area is 129 Å². The Morgan fingerprint density at radius 3 is 2.50 bits per heavy atom. The van der Waals surface area contributed by atoms with Gasteiger partial charge in [0, 0.05) is 26.5 Å². The van der Waals surface area contributed by atoms with E-state index in [1.807, 2.05) is 0 Å². The summed E-state index contributed by atoms with van der Waals surface area (Å²) in [7, 11) is 0.404. The first-order valence-corrected chi connectivity index (χ1v) is 8.22. The van der Waals surface area contributed by atoms with E-state index in [1.54, 1.807) is 0 Å². The summed E-state index contributed by atoms with van der Waals surface area (Å²) in [4.78, 5) is 14.1. The Hall–Kier alpha value is -1.42. The van der Waals surface area contributed by atoms with Crippen LogP contribution in [0.4, 0.5) is 0 Å². The molecule has 1 saturated carbocycles. The molecule has 1 aliphatic rings. The fraction of sp³-hybridized carbons (Fsp3) is 0.615. The average Bonchev–Trinajstić information content (AvgIpc) is 3.21. The molecule has 0 aromatic carbocycles. The van der Waals surface area contributed by atoms with Gasteiger partial charge in [-0.25, -0.2) is 13.2 Å². The largest absolute Gasteiger partial charge is 0.464 e. The third kappa shape index (κ3) is 3.49. The molecule has 0 aliphatic heterocycles. The van der Waals surface area contributed by atoms with Crippen LogP contribution in [0.15, 0.2) is 17.2 Å². The predicted octanol–water partition coefficient (Wildman–Crippen LogP) is 0.573. The van der Waals surface area contributed by atoms with E-state index in [2.05, 4.69) is 9.72 Å². The van der Waals surface area contributed by atoms with E-state index in [0.29, 0.717) is 0 Å². The molecule has 1 fully saturated rings. The van der Waals surface area contributed by atoms with Crippen LogP contribution in [-0.2, 0) is 24.2 Å². The first-order valence-electron chi connectivity index (χ1n) is 6.78. The van der Waals surface area contributed by atoms with Crippen LogP contribution >= 0.6 is 0 Å². The third-order valence-electron chi connectivity index (χ3n) is 3.48. The van der Waals surface area contributed by atoms with Crippen LogP contribution in [0.3, 0.4) is 0 Å². The Kier molecular flexibility index (Phi) is 5.22. The monoisotopic (exact) mass is 332 g/mol. The summed E-state index contributed by atoms with van der Waals surface area (Å²) in [5.74, 6) is -0.619. The van der Waals surface area contributed by atoms with Crippen LogP contribution in [0.2, 0.25) is 0 Å². The number of H-pyrrole nitrogens is 1. The zero-order valence-electron chi connectivity index (χ0n) is 12.7. The van der Waals surface area contributed by atoms with Crippen LogP contribution in [0.1, 0.15) is 23.3 Å². The second kappa shape index (κ2) is 6.78. The molecule has 1 aromatic heterocycles. The minimum absolute atomic E-state index is 0.0192. The van der Waals surface area contributed by atoms with Crippen molar-refractivity contribution >= 4 is 16.0 Å². The van der Waals surface area contributed by atoms with Crippen LogP contribution in [0.5, 0.6) is 0 Å². The molecule has 0 spiro atoms. The van der Waals surface area contributed by atoms with E-state index in [0.717, 1.165) is 12.8 Å². The van der Waals surface area contributed by atoms with Gasteiger partial charge in [0.15, 0.2) is 6.29 Å². The Balaban J connectivity index is 2.25. The first kappa shape index (κ1) is 16.9. The lowest BCUT2D eigenvalue weighted by molar-refractivity contribution is -0.108. The molecule has 0 radical (unpaired) electrons. The topological polar surface area (TPSA) is 97.9 Å². The molecule has 22 heavy (non-hydrogen) atoms. The summed E-state index contributed by atoms with van der Waals surface area (Å²) in [6.45, 7) is 0.0960. The van der Waals surface area contributed by atoms with E-state index in [-0.39, 0.29) is 23.2 Å². The Morgan fingerprint density at radius 1 is 1.36 bits per heavy atom. The molecule has 9 heteroatoms. The van der Waals surface area contributed by atoms with Gasteiger partial charge in [0.2, 0.25) is 10.0 Å². The van der Waals surface area contributed by atoms with Gasteiger partial charge in [0.25, 0.3) is 0 Å². The second-order valence-electron chi connectivity index (χ2n) is 4.95. The van der Waals surface area contributed by atoms with Crippen molar-refractivity contribution in [2.75, 3.05) is 27.9 Å². The smallest absolute Gasteiger partial charge is 0.354 e. The lowest BCUT2D eigenvalue weighted by Crippen LogP contribution is -2.40. The van der Waals surface area contributed by atoms with Crippen molar-refractivity contribution in [2.24, 2.45) is 0 Å². The highest BCUT2D eigenvalue weighted by molar-refractivity contribution is 7.89. The maximum Gasteiger partial charge on any atom is 0.354 e. The number of nitrogens with one attached hydrogen (secondary N) is 1. The summed E-state index contributed by atoms with van der Waals surface area (Å²) in [6, 6.07) is 1.21. The molecular formula is C13H20N2O6S. The van der Waals surface area contributed by atoms with Gasteiger partial charge in [-0.15, -0.1) is 0 Å². The summed E-state index contributed by atoms with van der Waals surface area (Å²) in [6.07, 6.45) is 2.24. The number of rotatable bonds is 8. The fourth-order valence-corrected chi connectivity index (χ4v) is 3.75. The van der Waals surface area contributed by atoms with Crippen molar-refractivity contribution in [2.45, 2.75) is 30.1 Å². The molecule has 1 aromatic rings. The van der Waals surface area contributed by atoms with Gasteiger partial charge in [-0.3, -0.25) is 0 Å². The molecule has 0 saturated heterocycles. The minimum Gasteiger partial charge on any atom is -0.464 e. The molecule has 1 N–H and O–H groups in total. The average molecular weight is 332 g/mol. The van der Waals surface area contributed by atoms with E-state index >= 15 is 0 Å². The number of sulfonamides is 1. The van der Waals surface area contributed by atoms with Crippen molar-refractivity contribution in [3.05, 3.63) is 18.0 Å². The van der Waals surface area contributed by atoms with Crippen LogP contribution in [0.25, 0.3) is 0 Å². The van der Waals surface area contributed by atoms with Crippen molar-refractivity contribution < 1.29 is 27.4 Å². The third-order valence-corrected chi connectivity index (χ3v) is 5.37. The second-order valence-corrected chi connectivity index (χ2v) is 6.84. The molecule has 1 heterocycles. The zero-order chi connectivity index (χ0) is 16.3. The van der Waals surface area contributed by atoms with Crippen molar-refractivity contribution in [1.82, 2.24) is 9.29 Å². The van der Waals surface area contributed by atoms with E-state index < -0.39 is 22.3 Å². The molecule has 2 rings (SSSR count). The molecule has 8 nitrogen and oxygen atoms in total. The van der Waals surface area contributed by atoms with Crippen LogP contribution < -0.4 is 0 Å². The number of carbonyl (C=O) groups excluding carboxylic acids is 1. The van der Waals surface area contributed by atoms with Crippen molar-refractivity contribution in [3.63, 3.8) is 0 Å². The number of esters is 1. The minimum atomic E-state index is -3.74. The SMILES string of the molecule is COC(=O)c1cc(S(=O)(=O)N(CC(OC)OC)C2CC2)c[nH]1. The van der Waals surface area contributed by atoms with Gasteiger partial charge in [0.1, 0.15) is 10.6 Å². The van der Waals surface area contributed by atoms with Gasteiger partial charge in [0.05, 0.1) is 13.7 Å². The van der Waals surface area contributed by atoms with E-state index in [9.17, 15) is 13.2 Å². The Morgan fingerprint density at radius 2 is 2.00 bits per heavy atom. The maximum atomic E-state index is 12.7. The number of ether oxygens (including phenoxy) is 3. The number of aromatic nitrogens is 1. The Bertz CT molecular complexity index is 618. The molecule has 0 atom stereocenters. The highest BCUT2D eigenvalue weighted by Crippen LogP contribution is 2.32. The molecular weight excluding hydrogens is 312 g/mol. The number of methoxy groups -OCH3 is 3. The number of hydrogen-bond acceptors (Lipinski definition) is 6. The number of aromatic amines is 1. The van der Waals surface area contributed by atoms with Crippen LogP contribution in [0, 0.1) is 0 Å². The zero-order valence-corrected chi connectivity index (χ0v) is 13.6. The van der Waals surface area contributed by atoms with Gasteiger partial charge in [-0.1, -0.05) is 0 Å². The quantitative estimate of drug-likeness (QED) is 0.552. The number of nitrogens with zero attached hydrogens (tertiary/aromatic N) is 1. The van der Waals surface area contributed by atoms with Gasteiger partial charge in [-0.2, -0.15) is 4.31 Å². The van der Waals surface area contributed by atoms with E-state index in [1.165, 1.54) is 37.9 Å². The number of hydrogen-bond donors (Lipinski definition) is 1. The van der Waals surface area contributed by atoms with Crippen molar-refractivity contribution in [1.29, 1.82) is 0 Å². The van der Waals surface area contributed by atoms with Gasteiger partial charge in [-0.05, 0) is 18.9 Å². The summed E-state index contributed by atoms with van der Waals surface area (Å²) < 4.78 is 41.6. The molecule has 0 unspecified atom stereocenters. The lowest BCUT2D eigenvalue weighted by Gasteiger charge is -2.25. The molecule has 0 bridgehead atoms. The molecule has 0 amide bonds. The first-order chi connectivity index (χ1) is 10.4. The van der Waals surface area contributed by atoms with Gasteiger partial charge < -0.3 is 19.2 Å². The fourth-order valence-electron chi connectivity index (χ4n) is 2.08. The lowest BCUT2D eigenvalue weighted by atomic mass is 10.4. The van der Waals surface area contributed by atoms with Crippen LogP contribution in [-0.4, -0.2) is 63.9 Å².